The summed E-state index contributed by atoms with van der Waals surface area (Å²) in [7, 11) is 0. The maximum absolute atomic E-state index is 12.9. The van der Waals surface area contributed by atoms with Crippen LogP contribution >= 0.6 is 11.6 Å². The Morgan fingerprint density at radius 1 is 0.938 bits per heavy atom. The van der Waals surface area contributed by atoms with Gasteiger partial charge in [-0.2, -0.15) is 0 Å². The fraction of sp³-hybridized carbons (Fsp3) is 0.0870. The number of nitro groups is 1. The molecule has 1 N–H and O–H groups in total. The van der Waals surface area contributed by atoms with E-state index in [-0.39, 0.29) is 11.1 Å². The van der Waals surface area contributed by atoms with Gasteiger partial charge in [-0.1, -0.05) is 60.1 Å². The van der Waals surface area contributed by atoms with Crippen molar-refractivity contribution >= 4 is 35.0 Å². The lowest BCUT2D eigenvalue weighted by molar-refractivity contribution is -0.385. The number of nitrogens with one attached hydrogen (secondary N) is 1. The number of halogens is 1. The molecular formula is C23H16ClN3O5. The molecule has 1 unspecified atom stereocenters. The van der Waals surface area contributed by atoms with E-state index in [0.29, 0.717) is 5.02 Å². The second-order valence-corrected chi connectivity index (χ2v) is 7.55. The minimum absolute atomic E-state index is 0.0886. The van der Waals surface area contributed by atoms with Crippen molar-refractivity contribution in [2.24, 2.45) is 0 Å². The van der Waals surface area contributed by atoms with Gasteiger partial charge in [-0.25, -0.2) is 0 Å². The zero-order valence-corrected chi connectivity index (χ0v) is 17.3. The van der Waals surface area contributed by atoms with Crippen LogP contribution in [0.3, 0.4) is 0 Å². The zero-order valence-electron chi connectivity index (χ0n) is 16.5. The highest BCUT2D eigenvalue weighted by molar-refractivity contribution is 6.30. The Labute approximate surface area is 187 Å². The number of hydrogen-bond donors (Lipinski definition) is 1. The van der Waals surface area contributed by atoms with Gasteiger partial charge in [0.2, 0.25) is 5.91 Å². The molecule has 0 spiro atoms. The Morgan fingerprint density at radius 2 is 1.59 bits per heavy atom. The molecule has 0 radical (unpaired) electrons. The van der Waals surface area contributed by atoms with Gasteiger partial charge in [-0.05, 0) is 29.3 Å². The summed E-state index contributed by atoms with van der Waals surface area (Å²) in [6.45, 7) is -0.569. The third-order valence-corrected chi connectivity index (χ3v) is 5.37. The van der Waals surface area contributed by atoms with E-state index in [1.54, 1.807) is 24.3 Å². The van der Waals surface area contributed by atoms with Gasteiger partial charge in [0.1, 0.15) is 12.1 Å². The maximum Gasteiger partial charge on any atom is 0.282 e. The van der Waals surface area contributed by atoms with Gasteiger partial charge in [0.25, 0.3) is 17.5 Å². The molecule has 0 saturated carbocycles. The first-order chi connectivity index (χ1) is 15.4. The van der Waals surface area contributed by atoms with Crippen LogP contribution in [0, 0.1) is 10.1 Å². The van der Waals surface area contributed by atoms with Crippen molar-refractivity contribution < 1.29 is 19.3 Å². The normalized spacial score (nSPS) is 13.6. The lowest BCUT2D eigenvalue weighted by Gasteiger charge is -2.21. The van der Waals surface area contributed by atoms with Crippen LogP contribution in [0.25, 0.3) is 0 Å². The summed E-state index contributed by atoms with van der Waals surface area (Å²) in [6.07, 6.45) is 0. The van der Waals surface area contributed by atoms with E-state index in [2.05, 4.69) is 5.32 Å². The molecule has 32 heavy (non-hydrogen) atoms. The van der Waals surface area contributed by atoms with Crippen LogP contribution < -0.4 is 5.32 Å². The number of carbonyl (C=O) groups excluding carboxylic acids is 3. The number of amides is 3. The molecule has 1 aliphatic rings. The van der Waals surface area contributed by atoms with E-state index in [1.165, 1.54) is 12.1 Å². The van der Waals surface area contributed by atoms with E-state index >= 15 is 0 Å². The summed E-state index contributed by atoms with van der Waals surface area (Å²) < 4.78 is 0. The number of carbonyl (C=O) groups is 3. The molecule has 3 aromatic rings. The Balaban J connectivity index is 1.58. The molecular weight excluding hydrogens is 434 g/mol. The topological polar surface area (TPSA) is 110 Å². The molecule has 1 aliphatic heterocycles. The Hall–Kier alpha value is -4.04. The summed E-state index contributed by atoms with van der Waals surface area (Å²) in [5.74, 6) is -2.20. The minimum atomic E-state index is -0.866. The number of rotatable bonds is 6. The number of nitrogens with zero attached hydrogens (tertiary/aromatic N) is 2. The third kappa shape index (κ3) is 3.95. The Morgan fingerprint density at radius 3 is 2.25 bits per heavy atom. The van der Waals surface area contributed by atoms with E-state index in [0.717, 1.165) is 22.1 Å². The summed E-state index contributed by atoms with van der Waals surface area (Å²) >= 11 is 5.98. The molecule has 0 aromatic heterocycles. The average molecular weight is 450 g/mol. The standard InChI is InChI=1S/C23H16ClN3O5/c24-16-11-9-15(10-12-16)21(14-5-2-1-3-6-14)25-19(28)13-26-22(29)17-7-4-8-18(27(31)32)20(17)23(26)30/h1-12,21H,13H2,(H,25,28). The quantitative estimate of drug-likeness (QED) is 0.350. The number of nitro benzene ring substituents is 1. The average Bonchev–Trinajstić information content (AvgIpc) is 3.03. The fourth-order valence-corrected chi connectivity index (χ4v) is 3.75. The van der Waals surface area contributed by atoms with Crippen LogP contribution in [-0.2, 0) is 4.79 Å². The largest absolute Gasteiger partial charge is 0.344 e. The first kappa shape index (κ1) is 21.2. The molecule has 1 atom stereocenters. The van der Waals surface area contributed by atoms with Gasteiger partial charge < -0.3 is 5.32 Å². The molecule has 3 amide bonds. The second-order valence-electron chi connectivity index (χ2n) is 7.12. The van der Waals surface area contributed by atoms with E-state index < -0.39 is 40.9 Å². The number of fused-ring (bicyclic) bond motifs is 1. The molecule has 0 fully saturated rings. The van der Waals surface area contributed by atoms with Gasteiger partial charge in [0.05, 0.1) is 16.5 Å². The van der Waals surface area contributed by atoms with Crippen LogP contribution in [0.1, 0.15) is 37.9 Å². The zero-order chi connectivity index (χ0) is 22.8. The monoisotopic (exact) mass is 449 g/mol. The van der Waals surface area contributed by atoms with Crippen LogP contribution in [0.15, 0.2) is 72.8 Å². The smallest absolute Gasteiger partial charge is 0.282 e. The lowest BCUT2D eigenvalue weighted by Crippen LogP contribution is -2.41. The molecule has 4 rings (SSSR count). The van der Waals surface area contributed by atoms with Crippen molar-refractivity contribution in [1.29, 1.82) is 0 Å². The summed E-state index contributed by atoms with van der Waals surface area (Å²) in [6, 6.07) is 19.4. The van der Waals surface area contributed by atoms with E-state index in [1.807, 2.05) is 30.3 Å². The van der Waals surface area contributed by atoms with Crippen molar-refractivity contribution in [2.75, 3.05) is 6.54 Å². The van der Waals surface area contributed by atoms with Gasteiger partial charge >= 0.3 is 0 Å². The number of imide groups is 1. The second kappa shape index (κ2) is 8.60. The highest BCUT2D eigenvalue weighted by atomic mass is 35.5. The van der Waals surface area contributed by atoms with Crippen LogP contribution in [-0.4, -0.2) is 34.1 Å². The van der Waals surface area contributed by atoms with Crippen molar-refractivity contribution in [3.63, 3.8) is 0 Å². The number of hydrogen-bond acceptors (Lipinski definition) is 5. The van der Waals surface area contributed by atoms with Gasteiger partial charge in [-0.15, -0.1) is 0 Å². The molecule has 3 aromatic carbocycles. The van der Waals surface area contributed by atoms with Gasteiger partial charge in [0.15, 0.2) is 0 Å². The number of benzene rings is 3. The molecule has 0 bridgehead atoms. The van der Waals surface area contributed by atoms with Crippen molar-refractivity contribution in [3.05, 3.63) is 110 Å². The molecule has 8 nitrogen and oxygen atoms in total. The fourth-order valence-electron chi connectivity index (χ4n) is 3.62. The molecule has 0 aliphatic carbocycles. The van der Waals surface area contributed by atoms with Crippen LogP contribution in [0.2, 0.25) is 5.02 Å². The first-order valence-electron chi connectivity index (χ1n) is 9.60. The Kier molecular flexibility index (Phi) is 5.70. The van der Waals surface area contributed by atoms with Crippen LogP contribution in [0.4, 0.5) is 5.69 Å². The van der Waals surface area contributed by atoms with Crippen molar-refractivity contribution in [1.82, 2.24) is 10.2 Å². The summed E-state index contributed by atoms with van der Waals surface area (Å²) in [5, 5.41) is 14.6. The molecule has 0 saturated heterocycles. The predicted octanol–water partition coefficient (Wildman–Crippen LogP) is 3.75. The molecule has 160 valence electrons. The van der Waals surface area contributed by atoms with Crippen LogP contribution in [0.5, 0.6) is 0 Å². The van der Waals surface area contributed by atoms with Crippen molar-refractivity contribution in [2.45, 2.75) is 6.04 Å². The molecule has 1 heterocycles. The van der Waals surface area contributed by atoms with Gasteiger partial charge in [-0.3, -0.25) is 29.4 Å². The van der Waals surface area contributed by atoms with Crippen molar-refractivity contribution in [3.8, 4) is 0 Å². The first-order valence-corrected chi connectivity index (χ1v) is 9.98. The minimum Gasteiger partial charge on any atom is -0.344 e. The van der Waals surface area contributed by atoms with Gasteiger partial charge in [0, 0.05) is 11.1 Å². The van der Waals surface area contributed by atoms with E-state index in [9.17, 15) is 24.5 Å². The highest BCUT2D eigenvalue weighted by Crippen LogP contribution is 2.31. The predicted molar refractivity (Wildman–Crippen MR) is 116 cm³/mol. The maximum atomic E-state index is 12.9. The Bertz CT molecular complexity index is 1230. The van der Waals surface area contributed by atoms with E-state index in [4.69, 9.17) is 11.6 Å². The highest BCUT2D eigenvalue weighted by Gasteiger charge is 2.41. The SMILES string of the molecule is O=C(CN1C(=O)c2cccc([N+](=O)[O-])c2C1=O)NC(c1ccccc1)c1ccc(Cl)cc1. The molecule has 9 heteroatoms. The third-order valence-electron chi connectivity index (χ3n) is 5.12. The lowest BCUT2D eigenvalue weighted by atomic mass is 9.98. The summed E-state index contributed by atoms with van der Waals surface area (Å²) in [5.41, 5.74) is 0.696. The summed E-state index contributed by atoms with van der Waals surface area (Å²) in [4.78, 5) is 49.5.